The van der Waals surface area contributed by atoms with Crippen LogP contribution in [-0.2, 0) is 17.9 Å². The molecule has 0 aliphatic heterocycles. The van der Waals surface area contributed by atoms with Crippen molar-refractivity contribution in [2.75, 3.05) is 0 Å². The maximum atomic E-state index is 12.8. The molecule has 0 bridgehead atoms. The average Bonchev–Trinajstić information content (AvgIpc) is 3.26. The summed E-state index contributed by atoms with van der Waals surface area (Å²) in [6, 6.07) is 31.8. The van der Waals surface area contributed by atoms with E-state index in [0.717, 1.165) is 33.2 Å². The van der Waals surface area contributed by atoms with Crippen LogP contribution >= 0.6 is 0 Å². The van der Waals surface area contributed by atoms with Crippen molar-refractivity contribution in [2.45, 2.75) is 19.0 Å². The summed E-state index contributed by atoms with van der Waals surface area (Å²) < 4.78 is 3.44. The Hall–Kier alpha value is -4.38. The lowest BCUT2D eigenvalue weighted by Gasteiger charge is -2.20. The van der Waals surface area contributed by atoms with Gasteiger partial charge in [0, 0.05) is 35.3 Å². The summed E-state index contributed by atoms with van der Waals surface area (Å²) in [4.78, 5) is 24.0. The Morgan fingerprint density at radius 1 is 0.735 bits per heavy atom. The highest BCUT2D eigenvalue weighted by molar-refractivity contribution is 5.85. The Kier molecular flexibility index (Phi) is 5.83. The molecule has 0 atom stereocenters. The Morgan fingerprint density at radius 3 is 2.06 bits per heavy atom. The van der Waals surface area contributed by atoms with Crippen LogP contribution in [0.5, 0.6) is 0 Å². The number of benzene rings is 3. The monoisotopic (exact) mass is 448 g/mol. The number of aliphatic carboxylic acids is 1. The lowest BCUT2D eigenvalue weighted by atomic mass is 9.86. The van der Waals surface area contributed by atoms with Gasteiger partial charge in [-0.3, -0.25) is 9.59 Å². The molecular formula is C29H24N2O3. The minimum absolute atomic E-state index is 0.00157. The van der Waals surface area contributed by atoms with Gasteiger partial charge in [-0.15, -0.1) is 0 Å². The normalized spacial score (nSPS) is 11.2. The summed E-state index contributed by atoms with van der Waals surface area (Å²) in [6.45, 7) is 0.301. The lowest BCUT2D eigenvalue weighted by Crippen LogP contribution is -2.21. The molecule has 0 fully saturated rings. The molecule has 5 rings (SSSR count). The summed E-state index contributed by atoms with van der Waals surface area (Å²) in [6.07, 6.45) is 3.72. The number of hydrogen-bond donors (Lipinski definition) is 1. The van der Waals surface area contributed by atoms with Crippen LogP contribution in [0.4, 0.5) is 0 Å². The number of carboxylic acids is 1. The summed E-state index contributed by atoms with van der Waals surface area (Å²) >= 11 is 0. The lowest BCUT2D eigenvalue weighted by molar-refractivity contribution is -0.137. The molecule has 0 aliphatic rings. The number of nitrogens with zero attached hydrogens (tertiary/aromatic N) is 2. The molecule has 2 aromatic heterocycles. The SMILES string of the molecule is O=C(O)Cn1ccc2c(Cn3cc(C(c4ccccc4)c4ccccc4)ccc3=O)cccc21. The van der Waals surface area contributed by atoms with Crippen LogP contribution in [0.25, 0.3) is 10.9 Å². The van der Waals surface area contributed by atoms with Crippen molar-refractivity contribution in [2.24, 2.45) is 0 Å². The first-order valence-electron chi connectivity index (χ1n) is 11.2. The van der Waals surface area contributed by atoms with Crippen LogP contribution in [-0.4, -0.2) is 20.2 Å². The van der Waals surface area contributed by atoms with Gasteiger partial charge >= 0.3 is 5.97 Å². The first-order chi connectivity index (χ1) is 16.6. The van der Waals surface area contributed by atoms with Gasteiger partial charge in [-0.05, 0) is 34.4 Å². The molecule has 1 N–H and O–H groups in total. The second-order valence-electron chi connectivity index (χ2n) is 8.37. The smallest absolute Gasteiger partial charge is 0.323 e. The zero-order chi connectivity index (χ0) is 23.5. The third kappa shape index (κ3) is 4.28. The van der Waals surface area contributed by atoms with E-state index in [2.05, 4.69) is 24.3 Å². The van der Waals surface area contributed by atoms with Crippen molar-refractivity contribution in [3.63, 3.8) is 0 Å². The molecule has 3 aromatic carbocycles. The van der Waals surface area contributed by atoms with Gasteiger partial charge in [0.1, 0.15) is 6.54 Å². The van der Waals surface area contributed by atoms with Gasteiger partial charge in [0.05, 0.1) is 6.54 Å². The molecule has 0 unspecified atom stereocenters. The van der Waals surface area contributed by atoms with Crippen molar-refractivity contribution in [1.29, 1.82) is 0 Å². The molecule has 0 radical (unpaired) electrons. The topological polar surface area (TPSA) is 64.2 Å². The van der Waals surface area contributed by atoms with E-state index in [4.69, 9.17) is 0 Å². The molecule has 5 nitrogen and oxygen atoms in total. The van der Waals surface area contributed by atoms with E-state index in [-0.39, 0.29) is 18.0 Å². The number of carbonyl (C=O) groups is 1. The van der Waals surface area contributed by atoms with Gasteiger partial charge in [0.15, 0.2) is 0 Å². The van der Waals surface area contributed by atoms with Crippen LogP contribution in [0.15, 0.2) is 114 Å². The third-order valence-corrected chi connectivity index (χ3v) is 6.16. The Bertz CT molecular complexity index is 1460. The number of carboxylic acid groups (broad SMARTS) is 1. The molecule has 0 spiro atoms. The summed E-state index contributed by atoms with van der Waals surface area (Å²) in [5.74, 6) is -0.888. The highest BCUT2D eigenvalue weighted by atomic mass is 16.4. The van der Waals surface area contributed by atoms with Crippen molar-refractivity contribution in [3.05, 3.63) is 142 Å². The fourth-order valence-corrected chi connectivity index (χ4v) is 4.60. The average molecular weight is 449 g/mol. The number of rotatable bonds is 7. The number of fused-ring (bicyclic) bond motifs is 1. The second-order valence-corrected chi connectivity index (χ2v) is 8.37. The van der Waals surface area contributed by atoms with Crippen LogP contribution in [0, 0.1) is 0 Å². The van der Waals surface area contributed by atoms with E-state index in [1.165, 1.54) is 0 Å². The molecule has 0 amide bonds. The van der Waals surface area contributed by atoms with Crippen LogP contribution < -0.4 is 5.56 Å². The maximum absolute atomic E-state index is 12.8. The maximum Gasteiger partial charge on any atom is 0.323 e. The van der Waals surface area contributed by atoms with E-state index < -0.39 is 5.97 Å². The van der Waals surface area contributed by atoms with E-state index in [9.17, 15) is 14.7 Å². The largest absolute Gasteiger partial charge is 0.480 e. The van der Waals surface area contributed by atoms with E-state index >= 15 is 0 Å². The summed E-state index contributed by atoms with van der Waals surface area (Å²) in [5, 5.41) is 10.1. The fraction of sp³-hybridized carbons (Fsp3) is 0.103. The van der Waals surface area contributed by atoms with Gasteiger partial charge in [0.2, 0.25) is 0 Å². The minimum Gasteiger partial charge on any atom is -0.480 e. The second kappa shape index (κ2) is 9.24. The fourth-order valence-electron chi connectivity index (χ4n) is 4.60. The standard InChI is InChI=1S/C29H24N2O3/c32-27-15-14-24(29(21-8-3-1-4-9-21)22-10-5-2-6-11-22)19-31(27)18-23-12-7-13-26-25(23)16-17-30(26)20-28(33)34/h1-17,19,29H,18,20H2,(H,33,34). The third-order valence-electron chi connectivity index (χ3n) is 6.16. The summed E-state index contributed by atoms with van der Waals surface area (Å²) in [7, 11) is 0. The minimum atomic E-state index is -0.889. The van der Waals surface area contributed by atoms with E-state index in [1.807, 2.05) is 72.9 Å². The Balaban J connectivity index is 1.56. The van der Waals surface area contributed by atoms with Gasteiger partial charge in [-0.2, -0.15) is 0 Å². The first kappa shape index (κ1) is 21.5. The zero-order valence-electron chi connectivity index (χ0n) is 18.5. The van der Waals surface area contributed by atoms with Crippen molar-refractivity contribution >= 4 is 16.9 Å². The molecule has 0 saturated carbocycles. The van der Waals surface area contributed by atoms with Crippen molar-refractivity contribution in [3.8, 4) is 0 Å². The van der Waals surface area contributed by atoms with Crippen molar-refractivity contribution in [1.82, 2.24) is 9.13 Å². The highest BCUT2D eigenvalue weighted by Crippen LogP contribution is 2.31. The molecular weight excluding hydrogens is 424 g/mol. The Labute approximate surface area is 197 Å². The van der Waals surface area contributed by atoms with Crippen LogP contribution in [0.3, 0.4) is 0 Å². The predicted octanol–water partition coefficient (Wildman–Crippen LogP) is 5.12. The number of aromatic nitrogens is 2. The molecule has 0 aliphatic carbocycles. The molecule has 168 valence electrons. The Morgan fingerprint density at radius 2 is 1.41 bits per heavy atom. The van der Waals surface area contributed by atoms with E-state index in [0.29, 0.717) is 6.54 Å². The van der Waals surface area contributed by atoms with Gasteiger partial charge in [-0.25, -0.2) is 0 Å². The van der Waals surface area contributed by atoms with Gasteiger partial charge < -0.3 is 14.2 Å². The van der Waals surface area contributed by atoms with Crippen LogP contribution in [0.1, 0.15) is 28.2 Å². The van der Waals surface area contributed by atoms with Crippen LogP contribution in [0.2, 0.25) is 0 Å². The molecule has 2 heterocycles. The first-order valence-corrected chi connectivity index (χ1v) is 11.2. The van der Waals surface area contributed by atoms with E-state index in [1.54, 1.807) is 21.4 Å². The summed E-state index contributed by atoms with van der Waals surface area (Å²) in [5.41, 5.74) is 5.09. The highest BCUT2D eigenvalue weighted by Gasteiger charge is 2.18. The molecule has 34 heavy (non-hydrogen) atoms. The quantitative estimate of drug-likeness (QED) is 0.376. The number of pyridine rings is 1. The van der Waals surface area contributed by atoms with Crippen molar-refractivity contribution < 1.29 is 9.90 Å². The van der Waals surface area contributed by atoms with Gasteiger partial charge in [-0.1, -0.05) is 78.9 Å². The predicted molar refractivity (Wildman–Crippen MR) is 133 cm³/mol. The number of hydrogen-bond acceptors (Lipinski definition) is 2. The zero-order valence-corrected chi connectivity index (χ0v) is 18.5. The molecule has 0 saturated heterocycles. The molecule has 5 heteroatoms. The molecule has 5 aromatic rings. The van der Waals surface area contributed by atoms with Gasteiger partial charge in [0.25, 0.3) is 5.56 Å².